The highest BCUT2D eigenvalue weighted by atomic mass is 32.1. The molecule has 3 N–H and O–H groups in total. The van der Waals surface area contributed by atoms with Gasteiger partial charge in [0, 0.05) is 25.8 Å². The summed E-state index contributed by atoms with van der Waals surface area (Å²) in [5.74, 6) is -2.34. The maximum Gasteiger partial charge on any atom is 0.409 e. The Morgan fingerprint density at radius 3 is 2.48 bits per heavy atom. The van der Waals surface area contributed by atoms with E-state index in [9.17, 15) is 23.2 Å². The first kappa shape index (κ1) is 22.5. The zero-order valence-electron chi connectivity index (χ0n) is 17.4. The van der Waals surface area contributed by atoms with Gasteiger partial charge in [-0.2, -0.15) is 5.10 Å². The van der Waals surface area contributed by atoms with Crippen LogP contribution in [0, 0.1) is 11.6 Å². The number of benzene rings is 1. The molecule has 3 aromatic rings. The molecule has 0 spiro atoms. The molecule has 1 aliphatic rings. The van der Waals surface area contributed by atoms with Crippen molar-refractivity contribution in [1.29, 1.82) is 0 Å². The van der Waals surface area contributed by atoms with Crippen molar-refractivity contribution in [2.24, 2.45) is 7.05 Å². The zero-order chi connectivity index (χ0) is 23.7. The number of carbonyl (C=O) groups is 3. The van der Waals surface area contributed by atoms with E-state index in [1.807, 2.05) is 0 Å². The average molecular weight is 475 g/mol. The number of amides is 2. The third kappa shape index (κ3) is 4.60. The Balaban J connectivity index is 1.67. The van der Waals surface area contributed by atoms with E-state index in [0.717, 1.165) is 17.8 Å². The summed E-state index contributed by atoms with van der Waals surface area (Å²) in [5.41, 5.74) is 0.353. The van der Waals surface area contributed by atoms with E-state index in [2.05, 4.69) is 20.7 Å². The Morgan fingerprint density at radius 1 is 1.18 bits per heavy atom. The maximum atomic E-state index is 14.2. The second kappa shape index (κ2) is 9.06. The van der Waals surface area contributed by atoms with Crippen molar-refractivity contribution in [2.75, 3.05) is 10.6 Å². The zero-order valence-corrected chi connectivity index (χ0v) is 18.2. The number of hydrogen-bond donors (Lipinski definition) is 3. The summed E-state index contributed by atoms with van der Waals surface area (Å²) in [6.45, 7) is 0. The average Bonchev–Trinajstić information content (AvgIpc) is 3.32. The lowest BCUT2D eigenvalue weighted by molar-refractivity contribution is -0.120. The van der Waals surface area contributed by atoms with Gasteiger partial charge < -0.3 is 10.4 Å². The normalized spacial score (nSPS) is 14.3. The lowest BCUT2D eigenvalue weighted by atomic mass is 9.85. The fraction of sp³-hybridized carbons (Fsp3) is 0.286. The first-order chi connectivity index (χ1) is 15.7. The Morgan fingerprint density at radius 2 is 1.85 bits per heavy atom. The molecule has 1 aliphatic carbocycles. The first-order valence-electron chi connectivity index (χ1n) is 10.0. The summed E-state index contributed by atoms with van der Waals surface area (Å²) < 4.78 is 30.1. The van der Waals surface area contributed by atoms with Gasteiger partial charge in [-0.15, -0.1) is 0 Å². The van der Waals surface area contributed by atoms with Crippen molar-refractivity contribution in [1.82, 2.24) is 14.8 Å². The number of aryl methyl sites for hydroxylation is 1. The van der Waals surface area contributed by atoms with Gasteiger partial charge in [0.2, 0.25) is 0 Å². The summed E-state index contributed by atoms with van der Waals surface area (Å²) in [5, 5.41) is 17.7. The number of carbonyl (C=O) groups excluding carboxylic acids is 2. The van der Waals surface area contributed by atoms with E-state index >= 15 is 0 Å². The summed E-state index contributed by atoms with van der Waals surface area (Å²) in [6, 6.07) is 3.27. The number of nitrogens with one attached hydrogen (secondary N) is 2. The second-order valence-corrected chi connectivity index (χ2v) is 8.56. The number of Topliss-reactive ketones (excluding diaryl/α,β-unsaturated/α-hetero) is 1. The third-order valence-corrected chi connectivity index (χ3v) is 6.39. The molecule has 0 radical (unpaired) electrons. The summed E-state index contributed by atoms with van der Waals surface area (Å²) >= 11 is 0.644. The molecule has 172 valence electrons. The molecule has 33 heavy (non-hydrogen) atoms. The molecule has 2 amide bonds. The topological polar surface area (TPSA) is 126 Å². The molecule has 0 atom stereocenters. The first-order valence-corrected chi connectivity index (χ1v) is 10.9. The van der Waals surface area contributed by atoms with Gasteiger partial charge >= 0.3 is 6.09 Å². The minimum atomic E-state index is -1.46. The number of hydrogen-bond acceptors (Lipinski definition) is 6. The van der Waals surface area contributed by atoms with E-state index in [-0.39, 0.29) is 27.4 Å². The lowest BCUT2D eigenvalue weighted by Crippen LogP contribution is -2.20. The van der Waals surface area contributed by atoms with Crippen LogP contribution in [-0.4, -0.2) is 37.7 Å². The van der Waals surface area contributed by atoms with Crippen molar-refractivity contribution in [2.45, 2.75) is 31.6 Å². The molecular formula is C21H19F2N5O4S. The summed E-state index contributed by atoms with van der Waals surface area (Å²) in [6.07, 6.45) is 2.14. The predicted molar refractivity (Wildman–Crippen MR) is 116 cm³/mol. The molecule has 2 aromatic heterocycles. The predicted octanol–water partition coefficient (Wildman–Crippen LogP) is 4.39. The Labute approximate surface area is 190 Å². The SMILES string of the molecule is Cn1ncc(NC(=O)c2nc(-c3c(F)cccc3F)sc2NC(=O)O)c1C1CCC(=O)CC1. The van der Waals surface area contributed by atoms with Crippen LogP contribution in [0.3, 0.4) is 0 Å². The van der Waals surface area contributed by atoms with E-state index < -0.39 is 29.2 Å². The van der Waals surface area contributed by atoms with Crippen molar-refractivity contribution in [3.05, 3.63) is 47.4 Å². The third-order valence-electron chi connectivity index (χ3n) is 5.40. The van der Waals surface area contributed by atoms with Gasteiger partial charge in [0.1, 0.15) is 27.4 Å². The second-order valence-electron chi connectivity index (χ2n) is 7.56. The van der Waals surface area contributed by atoms with Crippen LogP contribution in [0.25, 0.3) is 10.6 Å². The highest BCUT2D eigenvalue weighted by Gasteiger charge is 2.28. The highest BCUT2D eigenvalue weighted by molar-refractivity contribution is 7.19. The molecule has 0 unspecified atom stereocenters. The standard InChI is InChI=1S/C21H19F2N5O4S/c1-28-17(10-5-7-11(29)8-6-10)14(9-24-28)25-18(30)16-20(27-21(31)32)33-19(26-16)15-12(22)3-2-4-13(15)23/h2-4,9-10,27H,5-8H2,1H3,(H,25,30)(H,31,32). The van der Waals surface area contributed by atoms with Crippen LogP contribution in [0.4, 0.5) is 24.3 Å². The van der Waals surface area contributed by atoms with Crippen LogP contribution in [0.1, 0.15) is 47.8 Å². The number of aromatic nitrogens is 3. The summed E-state index contributed by atoms with van der Waals surface area (Å²) in [4.78, 5) is 39.9. The minimum absolute atomic E-state index is 0.0145. The molecule has 0 bridgehead atoms. The van der Waals surface area contributed by atoms with Crippen LogP contribution in [-0.2, 0) is 11.8 Å². The number of anilines is 2. The molecule has 9 nitrogen and oxygen atoms in total. The number of rotatable bonds is 5. The van der Waals surface area contributed by atoms with Crippen LogP contribution >= 0.6 is 11.3 Å². The number of carboxylic acid groups (broad SMARTS) is 1. The van der Waals surface area contributed by atoms with Crippen molar-refractivity contribution < 1.29 is 28.3 Å². The molecule has 1 aromatic carbocycles. The van der Waals surface area contributed by atoms with E-state index in [1.165, 1.54) is 12.3 Å². The molecule has 1 fully saturated rings. The van der Waals surface area contributed by atoms with Crippen LogP contribution in [0.2, 0.25) is 0 Å². The van der Waals surface area contributed by atoms with Gasteiger partial charge in [-0.1, -0.05) is 17.4 Å². The lowest BCUT2D eigenvalue weighted by Gasteiger charge is -2.22. The molecule has 0 aliphatic heterocycles. The smallest absolute Gasteiger partial charge is 0.409 e. The van der Waals surface area contributed by atoms with Crippen molar-refractivity contribution in [3.63, 3.8) is 0 Å². The van der Waals surface area contributed by atoms with Gasteiger partial charge in [-0.05, 0) is 25.0 Å². The van der Waals surface area contributed by atoms with Crippen molar-refractivity contribution in [3.8, 4) is 10.6 Å². The quantitative estimate of drug-likeness (QED) is 0.502. The Hall–Kier alpha value is -3.67. The molecule has 2 heterocycles. The highest BCUT2D eigenvalue weighted by Crippen LogP contribution is 2.37. The molecule has 0 saturated heterocycles. The Bertz CT molecular complexity index is 1230. The van der Waals surface area contributed by atoms with E-state index in [1.54, 1.807) is 11.7 Å². The molecular weight excluding hydrogens is 456 g/mol. The summed E-state index contributed by atoms with van der Waals surface area (Å²) in [7, 11) is 1.72. The van der Waals surface area contributed by atoms with Crippen molar-refractivity contribution >= 4 is 39.8 Å². The van der Waals surface area contributed by atoms with Gasteiger partial charge in [-0.25, -0.2) is 18.6 Å². The van der Waals surface area contributed by atoms with Crippen LogP contribution in [0.15, 0.2) is 24.4 Å². The number of ketones is 1. The Kier molecular flexibility index (Phi) is 6.18. The number of halogens is 2. The van der Waals surface area contributed by atoms with Crippen LogP contribution in [0.5, 0.6) is 0 Å². The van der Waals surface area contributed by atoms with E-state index in [0.29, 0.717) is 42.7 Å². The van der Waals surface area contributed by atoms with Gasteiger partial charge in [-0.3, -0.25) is 19.6 Å². The largest absolute Gasteiger partial charge is 0.465 e. The fourth-order valence-electron chi connectivity index (χ4n) is 3.89. The minimum Gasteiger partial charge on any atom is -0.465 e. The maximum absolute atomic E-state index is 14.2. The molecule has 12 heteroatoms. The molecule has 4 rings (SSSR count). The molecule has 1 saturated carbocycles. The van der Waals surface area contributed by atoms with Gasteiger partial charge in [0.25, 0.3) is 5.91 Å². The van der Waals surface area contributed by atoms with E-state index in [4.69, 9.17) is 5.11 Å². The monoisotopic (exact) mass is 475 g/mol. The number of thiazole rings is 1. The van der Waals surface area contributed by atoms with Gasteiger partial charge in [0.15, 0.2) is 5.69 Å². The van der Waals surface area contributed by atoms with Crippen LogP contribution < -0.4 is 10.6 Å². The van der Waals surface area contributed by atoms with Gasteiger partial charge in [0.05, 0.1) is 23.1 Å². The number of nitrogens with zero attached hydrogens (tertiary/aromatic N) is 3. The fourth-order valence-corrected chi connectivity index (χ4v) is 4.89.